The van der Waals surface area contributed by atoms with Gasteiger partial charge in [0.1, 0.15) is 5.75 Å². The lowest BCUT2D eigenvalue weighted by Gasteiger charge is -2.56. The molecular formula is C17H23NO. The second-order valence-corrected chi connectivity index (χ2v) is 6.55. The van der Waals surface area contributed by atoms with Crippen molar-refractivity contribution in [3.63, 3.8) is 0 Å². The first-order valence-corrected chi connectivity index (χ1v) is 7.74. The minimum Gasteiger partial charge on any atom is -0.497 e. The van der Waals surface area contributed by atoms with Crippen molar-refractivity contribution >= 4 is 0 Å². The third-order valence-corrected chi connectivity index (χ3v) is 5.85. The summed E-state index contributed by atoms with van der Waals surface area (Å²) in [5.41, 5.74) is 3.64. The average molecular weight is 257 g/mol. The van der Waals surface area contributed by atoms with Gasteiger partial charge in [0.05, 0.1) is 7.11 Å². The zero-order valence-corrected chi connectivity index (χ0v) is 11.7. The highest BCUT2D eigenvalue weighted by Crippen LogP contribution is 2.54. The first-order chi connectivity index (χ1) is 9.33. The highest BCUT2D eigenvalue weighted by Gasteiger charge is 2.51. The highest BCUT2D eigenvalue weighted by atomic mass is 16.5. The molecule has 1 N–H and O–H groups in total. The molecular weight excluding hydrogens is 234 g/mol. The van der Waals surface area contributed by atoms with E-state index in [0.717, 1.165) is 17.7 Å². The van der Waals surface area contributed by atoms with Gasteiger partial charge in [-0.3, -0.25) is 0 Å². The Hall–Kier alpha value is -1.02. The number of hydrogen-bond acceptors (Lipinski definition) is 2. The number of hydrogen-bond donors (Lipinski definition) is 1. The second kappa shape index (κ2) is 4.24. The molecule has 19 heavy (non-hydrogen) atoms. The van der Waals surface area contributed by atoms with Gasteiger partial charge in [-0.05, 0) is 61.4 Å². The summed E-state index contributed by atoms with van der Waals surface area (Å²) >= 11 is 0. The van der Waals surface area contributed by atoms with Crippen molar-refractivity contribution in [2.75, 3.05) is 13.7 Å². The molecule has 1 aromatic rings. The van der Waals surface area contributed by atoms with Gasteiger partial charge in [0.15, 0.2) is 0 Å². The fraction of sp³-hybridized carbons (Fsp3) is 0.647. The Morgan fingerprint density at radius 2 is 2.21 bits per heavy atom. The monoisotopic (exact) mass is 257 g/mol. The molecule has 1 aromatic carbocycles. The Labute approximate surface area is 115 Å². The quantitative estimate of drug-likeness (QED) is 0.835. The zero-order chi connectivity index (χ0) is 12.9. The van der Waals surface area contributed by atoms with Crippen LogP contribution in [-0.2, 0) is 11.8 Å². The van der Waals surface area contributed by atoms with Crippen molar-refractivity contribution in [3.05, 3.63) is 29.3 Å². The van der Waals surface area contributed by atoms with Gasteiger partial charge in [-0.15, -0.1) is 0 Å². The molecule has 102 valence electrons. The van der Waals surface area contributed by atoms with E-state index in [4.69, 9.17) is 4.74 Å². The van der Waals surface area contributed by atoms with E-state index in [0.29, 0.717) is 5.41 Å². The van der Waals surface area contributed by atoms with E-state index in [1.54, 1.807) is 18.2 Å². The first kappa shape index (κ1) is 11.8. The van der Waals surface area contributed by atoms with Crippen LogP contribution in [0.5, 0.6) is 5.75 Å². The molecule has 2 unspecified atom stereocenters. The van der Waals surface area contributed by atoms with Crippen molar-refractivity contribution in [2.45, 2.75) is 50.0 Å². The minimum atomic E-state index is 0.455. The molecule has 2 nitrogen and oxygen atoms in total. The topological polar surface area (TPSA) is 21.3 Å². The maximum absolute atomic E-state index is 5.48. The molecule has 3 aliphatic rings. The fourth-order valence-electron chi connectivity index (χ4n) is 5.03. The maximum atomic E-state index is 5.48. The molecule has 2 aliphatic carbocycles. The molecule has 0 radical (unpaired) electrons. The number of methoxy groups -OCH3 is 1. The molecule has 0 spiro atoms. The maximum Gasteiger partial charge on any atom is 0.119 e. The summed E-state index contributed by atoms with van der Waals surface area (Å²) in [5.74, 6) is 1.89. The first-order valence-electron chi connectivity index (χ1n) is 7.74. The van der Waals surface area contributed by atoms with E-state index in [2.05, 4.69) is 23.5 Å². The number of fused-ring (bicyclic) bond motifs is 1. The van der Waals surface area contributed by atoms with Crippen LogP contribution in [0.4, 0.5) is 0 Å². The molecule has 0 aromatic heterocycles. The Balaban J connectivity index is 1.88. The van der Waals surface area contributed by atoms with E-state index in [9.17, 15) is 0 Å². The SMILES string of the molecule is COc1ccc2c(c1)[C@]13CCCCC1C(C2)NCC3. The van der Waals surface area contributed by atoms with Crippen LogP contribution in [0.3, 0.4) is 0 Å². The van der Waals surface area contributed by atoms with Crippen LogP contribution in [0.15, 0.2) is 18.2 Å². The van der Waals surface area contributed by atoms with Crippen LogP contribution < -0.4 is 10.1 Å². The summed E-state index contributed by atoms with van der Waals surface area (Å²) in [6.07, 6.45) is 8.15. The molecule has 1 saturated heterocycles. The lowest BCUT2D eigenvalue weighted by Crippen LogP contribution is -2.59. The summed E-state index contributed by atoms with van der Waals surface area (Å²) in [4.78, 5) is 0. The standard InChI is InChI=1S/C17H23NO/c1-19-13-6-5-12-10-16-14-4-2-3-7-17(14,8-9-18-16)15(12)11-13/h5-6,11,14,16,18H,2-4,7-10H2,1H3/t14?,16?,17-/m0/s1. The summed E-state index contributed by atoms with van der Waals surface area (Å²) in [5, 5.41) is 3.78. The van der Waals surface area contributed by atoms with Gasteiger partial charge in [-0.25, -0.2) is 0 Å². The number of nitrogens with one attached hydrogen (secondary N) is 1. The highest BCUT2D eigenvalue weighted by molar-refractivity contribution is 5.45. The normalized spacial score (nSPS) is 36.3. The summed E-state index contributed by atoms with van der Waals surface area (Å²) in [6, 6.07) is 7.50. The molecule has 1 aliphatic heterocycles. The number of piperidine rings is 1. The molecule has 1 heterocycles. The van der Waals surface area contributed by atoms with Crippen molar-refractivity contribution < 1.29 is 4.74 Å². The van der Waals surface area contributed by atoms with E-state index in [1.165, 1.54) is 45.1 Å². The Morgan fingerprint density at radius 1 is 1.26 bits per heavy atom. The number of rotatable bonds is 1. The van der Waals surface area contributed by atoms with Crippen LogP contribution in [-0.4, -0.2) is 19.7 Å². The predicted molar refractivity (Wildman–Crippen MR) is 76.7 cm³/mol. The van der Waals surface area contributed by atoms with Gasteiger partial charge in [-0.1, -0.05) is 18.9 Å². The zero-order valence-electron chi connectivity index (χ0n) is 11.7. The summed E-state index contributed by atoms with van der Waals surface area (Å²) < 4.78 is 5.48. The fourth-order valence-corrected chi connectivity index (χ4v) is 5.03. The van der Waals surface area contributed by atoms with E-state index >= 15 is 0 Å². The van der Waals surface area contributed by atoms with Gasteiger partial charge >= 0.3 is 0 Å². The minimum absolute atomic E-state index is 0.455. The van der Waals surface area contributed by atoms with E-state index in [1.807, 2.05) is 0 Å². The van der Waals surface area contributed by atoms with E-state index < -0.39 is 0 Å². The van der Waals surface area contributed by atoms with Crippen LogP contribution in [0.2, 0.25) is 0 Å². The van der Waals surface area contributed by atoms with Crippen LogP contribution in [0.1, 0.15) is 43.2 Å². The van der Waals surface area contributed by atoms with Crippen LogP contribution in [0.25, 0.3) is 0 Å². The van der Waals surface area contributed by atoms with Crippen molar-refractivity contribution in [3.8, 4) is 5.75 Å². The molecule has 4 rings (SSSR count). The Bertz CT molecular complexity index is 494. The summed E-state index contributed by atoms with van der Waals surface area (Å²) in [7, 11) is 1.78. The smallest absolute Gasteiger partial charge is 0.119 e. The molecule has 2 heteroatoms. The molecule has 3 atom stereocenters. The van der Waals surface area contributed by atoms with Gasteiger partial charge in [0.2, 0.25) is 0 Å². The van der Waals surface area contributed by atoms with E-state index in [-0.39, 0.29) is 0 Å². The third-order valence-electron chi connectivity index (χ3n) is 5.85. The Kier molecular flexibility index (Phi) is 2.63. The van der Waals surface area contributed by atoms with Crippen LogP contribution >= 0.6 is 0 Å². The molecule has 0 amide bonds. The van der Waals surface area contributed by atoms with Gasteiger partial charge in [0.25, 0.3) is 0 Å². The second-order valence-electron chi connectivity index (χ2n) is 6.55. The number of benzene rings is 1. The van der Waals surface area contributed by atoms with Gasteiger partial charge in [0, 0.05) is 11.5 Å². The average Bonchev–Trinajstić information content (AvgIpc) is 2.47. The predicted octanol–water partition coefficient (Wildman–Crippen LogP) is 3.04. The van der Waals surface area contributed by atoms with Crippen LogP contribution in [0, 0.1) is 5.92 Å². The van der Waals surface area contributed by atoms with Gasteiger partial charge in [-0.2, -0.15) is 0 Å². The van der Waals surface area contributed by atoms with Crippen molar-refractivity contribution in [1.82, 2.24) is 5.32 Å². The summed E-state index contributed by atoms with van der Waals surface area (Å²) in [6.45, 7) is 1.19. The molecule has 2 fully saturated rings. The van der Waals surface area contributed by atoms with Gasteiger partial charge < -0.3 is 10.1 Å². The lowest BCUT2D eigenvalue weighted by molar-refractivity contribution is 0.0795. The number of ether oxygens (including phenoxy) is 1. The van der Waals surface area contributed by atoms with Crippen molar-refractivity contribution in [1.29, 1.82) is 0 Å². The lowest BCUT2D eigenvalue weighted by atomic mass is 9.53. The molecule has 1 saturated carbocycles. The third kappa shape index (κ3) is 1.59. The Morgan fingerprint density at radius 3 is 3.11 bits per heavy atom. The van der Waals surface area contributed by atoms with Crippen molar-refractivity contribution in [2.24, 2.45) is 5.92 Å². The molecule has 2 bridgehead atoms. The largest absolute Gasteiger partial charge is 0.497 e.